The van der Waals surface area contributed by atoms with Gasteiger partial charge in [0.25, 0.3) is 0 Å². The second kappa shape index (κ2) is 17.4. The van der Waals surface area contributed by atoms with Gasteiger partial charge in [0.15, 0.2) is 0 Å². The van der Waals surface area contributed by atoms with Gasteiger partial charge in [-0.3, -0.25) is 4.79 Å². The Balaban J connectivity index is 2.95. The van der Waals surface area contributed by atoms with Gasteiger partial charge in [0.1, 0.15) is 0 Å². The zero-order chi connectivity index (χ0) is 14.0. The van der Waals surface area contributed by atoms with Crippen LogP contribution in [0, 0.1) is 0 Å². The van der Waals surface area contributed by atoms with Gasteiger partial charge in [-0.15, -0.1) is 0 Å². The minimum absolute atomic E-state index is 1.03. The quantitative estimate of drug-likeness (QED) is 0.257. The van der Waals surface area contributed by atoms with Gasteiger partial charge in [-0.05, 0) is 18.9 Å². The molecule has 0 amide bonds. The molecule has 0 aromatic carbocycles. The van der Waals surface area contributed by atoms with Crippen LogP contribution in [-0.4, -0.2) is 6.29 Å². The van der Waals surface area contributed by atoms with E-state index in [0.717, 1.165) is 6.42 Å². The average molecular weight is 265 g/mol. The summed E-state index contributed by atoms with van der Waals surface area (Å²) in [5, 5.41) is 0. The van der Waals surface area contributed by atoms with E-state index >= 15 is 0 Å². The molecule has 0 aliphatic rings. The van der Waals surface area contributed by atoms with Crippen molar-refractivity contribution in [3.8, 4) is 0 Å². The summed E-state index contributed by atoms with van der Waals surface area (Å²) in [7, 11) is 0. The lowest BCUT2D eigenvalue weighted by Crippen LogP contribution is -1.82. The smallest absolute Gasteiger partial charge is 0.225 e. The summed E-state index contributed by atoms with van der Waals surface area (Å²) in [5.41, 5.74) is 0. The molecule has 0 aliphatic carbocycles. The van der Waals surface area contributed by atoms with Crippen LogP contribution >= 0.6 is 0 Å². The summed E-state index contributed by atoms with van der Waals surface area (Å²) in [6.45, 7) is 2.27. The molecule has 0 aromatic rings. The minimum Gasteiger partial charge on any atom is -0.286 e. The molecule has 0 saturated carbocycles. The SMILES string of the molecule is CCCCCCCCCCCCCCCC=C[C]=O. The maximum Gasteiger partial charge on any atom is 0.225 e. The van der Waals surface area contributed by atoms with Gasteiger partial charge in [0.05, 0.1) is 0 Å². The highest BCUT2D eigenvalue weighted by molar-refractivity contribution is 5.65. The Kier molecular flexibility index (Phi) is 16.9. The first-order valence-corrected chi connectivity index (χ1v) is 8.44. The molecule has 0 rings (SSSR count). The average Bonchev–Trinajstić information content (AvgIpc) is 2.43. The summed E-state index contributed by atoms with van der Waals surface area (Å²) in [4.78, 5) is 9.93. The first kappa shape index (κ1) is 18.4. The number of unbranched alkanes of at least 4 members (excludes halogenated alkanes) is 13. The Morgan fingerprint density at radius 3 is 1.53 bits per heavy atom. The topological polar surface area (TPSA) is 17.1 Å². The second-order valence-electron chi connectivity index (χ2n) is 5.55. The molecule has 0 aliphatic heterocycles. The van der Waals surface area contributed by atoms with Gasteiger partial charge in [0.2, 0.25) is 6.29 Å². The third-order valence-electron chi connectivity index (χ3n) is 3.66. The van der Waals surface area contributed by atoms with Gasteiger partial charge < -0.3 is 0 Å². The van der Waals surface area contributed by atoms with Crippen molar-refractivity contribution in [3.05, 3.63) is 12.2 Å². The van der Waals surface area contributed by atoms with E-state index < -0.39 is 0 Å². The number of hydrogen-bond donors (Lipinski definition) is 0. The van der Waals surface area contributed by atoms with E-state index in [9.17, 15) is 4.79 Å². The molecular weight excluding hydrogens is 232 g/mol. The maximum atomic E-state index is 9.93. The van der Waals surface area contributed by atoms with Crippen molar-refractivity contribution < 1.29 is 4.79 Å². The number of rotatable bonds is 15. The van der Waals surface area contributed by atoms with Crippen molar-refractivity contribution in [3.63, 3.8) is 0 Å². The van der Waals surface area contributed by atoms with Gasteiger partial charge >= 0.3 is 0 Å². The third-order valence-corrected chi connectivity index (χ3v) is 3.66. The fraction of sp³-hybridized carbons (Fsp3) is 0.833. The normalized spacial score (nSPS) is 11.2. The van der Waals surface area contributed by atoms with Crippen LogP contribution < -0.4 is 0 Å². The van der Waals surface area contributed by atoms with E-state index in [2.05, 4.69) is 6.92 Å². The first-order valence-electron chi connectivity index (χ1n) is 8.44. The van der Waals surface area contributed by atoms with Crippen LogP contribution in [0.15, 0.2) is 12.2 Å². The van der Waals surface area contributed by atoms with Crippen LogP contribution in [0.5, 0.6) is 0 Å². The molecule has 19 heavy (non-hydrogen) atoms. The zero-order valence-electron chi connectivity index (χ0n) is 13.0. The van der Waals surface area contributed by atoms with Crippen molar-refractivity contribution in [2.75, 3.05) is 0 Å². The predicted octanol–water partition coefficient (Wildman–Crippen LogP) is 6.13. The maximum absolute atomic E-state index is 9.93. The molecule has 111 valence electrons. The number of carbonyl (C=O) groups excluding carboxylic acids is 1. The molecule has 0 fully saturated rings. The number of hydrogen-bond acceptors (Lipinski definition) is 1. The molecule has 0 N–H and O–H groups in total. The van der Waals surface area contributed by atoms with Crippen molar-refractivity contribution >= 4 is 6.29 Å². The second-order valence-corrected chi connectivity index (χ2v) is 5.55. The third kappa shape index (κ3) is 17.4. The van der Waals surface area contributed by atoms with Gasteiger partial charge in [-0.2, -0.15) is 0 Å². The summed E-state index contributed by atoms with van der Waals surface area (Å²) < 4.78 is 0. The Morgan fingerprint density at radius 1 is 0.684 bits per heavy atom. The van der Waals surface area contributed by atoms with Crippen molar-refractivity contribution in [2.24, 2.45) is 0 Å². The lowest BCUT2D eigenvalue weighted by atomic mass is 10.0. The van der Waals surface area contributed by atoms with E-state index in [-0.39, 0.29) is 0 Å². The summed E-state index contributed by atoms with van der Waals surface area (Å²) in [6, 6.07) is 0. The first-order chi connectivity index (χ1) is 9.41. The van der Waals surface area contributed by atoms with Crippen LogP contribution in [0.4, 0.5) is 0 Å². The Morgan fingerprint density at radius 2 is 1.11 bits per heavy atom. The predicted molar refractivity (Wildman–Crippen MR) is 85.1 cm³/mol. The zero-order valence-corrected chi connectivity index (χ0v) is 13.0. The molecule has 1 heteroatoms. The Bertz CT molecular complexity index is 196. The van der Waals surface area contributed by atoms with E-state index in [1.54, 1.807) is 6.29 Å². The van der Waals surface area contributed by atoms with Gasteiger partial charge in [-0.1, -0.05) is 90.0 Å². The van der Waals surface area contributed by atoms with E-state index in [4.69, 9.17) is 0 Å². The van der Waals surface area contributed by atoms with Crippen molar-refractivity contribution in [1.29, 1.82) is 0 Å². The molecule has 0 bridgehead atoms. The van der Waals surface area contributed by atoms with Gasteiger partial charge in [-0.25, -0.2) is 0 Å². The highest BCUT2D eigenvalue weighted by atomic mass is 16.1. The van der Waals surface area contributed by atoms with Crippen LogP contribution in [0.1, 0.15) is 96.8 Å². The summed E-state index contributed by atoms with van der Waals surface area (Å²) in [6.07, 6.45) is 24.3. The molecular formula is C18H33O. The standard InChI is InChI=1S/C18H33O/c1-2-3-4-5-6-7-8-9-10-11-12-13-14-15-16-17-18-19/h16-17H,2-15H2,1H3. The monoisotopic (exact) mass is 265 g/mol. The molecule has 0 heterocycles. The minimum atomic E-state index is 1.03. The van der Waals surface area contributed by atoms with Crippen molar-refractivity contribution in [1.82, 2.24) is 0 Å². The largest absolute Gasteiger partial charge is 0.286 e. The van der Waals surface area contributed by atoms with E-state index in [1.165, 1.54) is 89.5 Å². The molecule has 0 unspecified atom stereocenters. The van der Waals surface area contributed by atoms with Crippen molar-refractivity contribution in [2.45, 2.75) is 96.8 Å². The van der Waals surface area contributed by atoms with E-state index in [1.807, 2.05) is 6.08 Å². The molecule has 1 nitrogen and oxygen atoms in total. The summed E-state index contributed by atoms with van der Waals surface area (Å²) in [5.74, 6) is 0. The Labute approximate surface area is 120 Å². The van der Waals surface area contributed by atoms with Crippen LogP contribution in [0.2, 0.25) is 0 Å². The number of allylic oxidation sites excluding steroid dienone is 2. The van der Waals surface area contributed by atoms with Crippen LogP contribution in [-0.2, 0) is 4.79 Å². The highest BCUT2D eigenvalue weighted by Crippen LogP contribution is 2.12. The summed E-state index contributed by atoms with van der Waals surface area (Å²) >= 11 is 0. The lowest BCUT2D eigenvalue weighted by molar-refractivity contribution is 0.540. The van der Waals surface area contributed by atoms with Gasteiger partial charge in [0, 0.05) is 0 Å². The molecule has 0 atom stereocenters. The fourth-order valence-electron chi connectivity index (χ4n) is 2.41. The Hall–Kier alpha value is -0.590. The molecule has 0 spiro atoms. The van der Waals surface area contributed by atoms with Crippen LogP contribution in [0.3, 0.4) is 0 Å². The van der Waals surface area contributed by atoms with E-state index in [0.29, 0.717) is 0 Å². The fourth-order valence-corrected chi connectivity index (χ4v) is 2.41. The molecule has 0 aromatic heterocycles. The highest BCUT2D eigenvalue weighted by Gasteiger charge is 1.93. The van der Waals surface area contributed by atoms with Crippen LogP contribution in [0.25, 0.3) is 0 Å². The molecule has 1 radical (unpaired) electrons. The lowest BCUT2D eigenvalue weighted by Gasteiger charge is -2.02. The molecule has 0 saturated heterocycles.